The first-order valence-corrected chi connectivity index (χ1v) is 34.3. The van der Waals surface area contributed by atoms with Gasteiger partial charge in [0.1, 0.15) is 13.2 Å². The number of hydrogen-bond donors (Lipinski definition) is 0. The van der Waals surface area contributed by atoms with Gasteiger partial charge in [-0.15, -0.1) is 0 Å². The molecule has 0 rings (SSSR count). The van der Waals surface area contributed by atoms with E-state index in [1.807, 2.05) is 0 Å². The SMILES string of the molecule is CCCCCCCCCCCCCCCCCCCC(=O)O[C@H](COC(=O)CCCCCCCCCCCCCCCCCCCCC(C)CC)COC(=O)CCCCCCCCCCCCCCCCC(C)CC. The highest BCUT2D eigenvalue weighted by atomic mass is 16.6. The molecule has 0 aromatic heterocycles. The van der Waals surface area contributed by atoms with Gasteiger partial charge in [0.15, 0.2) is 6.10 Å². The standard InChI is InChI=1S/C69H134O6/c1-6-9-10-11-12-13-14-15-16-19-24-31-36-41-46-51-56-61-69(72)75-66(63-74-68(71)60-55-50-45-40-35-30-26-25-28-33-38-43-48-53-58-65(5)8-3)62-73-67(70)59-54-49-44-39-34-29-23-21-18-17-20-22-27-32-37-42-47-52-57-64(4)7-2/h64-66H,6-63H2,1-5H3/t64?,65?,66-/m1/s1. The van der Waals surface area contributed by atoms with E-state index < -0.39 is 6.10 Å². The third-order valence-corrected chi connectivity index (χ3v) is 16.7. The summed E-state index contributed by atoms with van der Waals surface area (Å²) in [6, 6.07) is 0. The monoisotopic (exact) mass is 1060 g/mol. The van der Waals surface area contributed by atoms with Gasteiger partial charge >= 0.3 is 17.9 Å². The molecule has 0 aromatic rings. The third-order valence-electron chi connectivity index (χ3n) is 16.7. The molecule has 2 unspecified atom stereocenters. The Morgan fingerprint density at radius 3 is 0.693 bits per heavy atom. The van der Waals surface area contributed by atoms with Crippen molar-refractivity contribution in [3.8, 4) is 0 Å². The van der Waals surface area contributed by atoms with Crippen LogP contribution in [0.3, 0.4) is 0 Å². The molecule has 75 heavy (non-hydrogen) atoms. The zero-order valence-corrected chi connectivity index (χ0v) is 51.7. The van der Waals surface area contributed by atoms with Crippen LogP contribution in [-0.4, -0.2) is 37.2 Å². The van der Waals surface area contributed by atoms with Crippen molar-refractivity contribution in [2.75, 3.05) is 13.2 Å². The minimum absolute atomic E-state index is 0.0613. The van der Waals surface area contributed by atoms with E-state index in [1.54, 1.807) is 0 Å². The molecule has 0 N–H and O–H groups in total. The van der Waals surface area contributed by atoms with E-state index in [4.69, 9.17) is 14.2 Å². The molecule has 0 fully saturated rings. The van der Waals surface area contributed by atoms with Crippen LogP contribution in [0.2, 0.25) is 0 Å². The lowest BCUT2D eigenvalue weighted by molar-refractivity contribution is -0.167. The van der Waals surface area contributed by atoms with Gasteiger partial charge in [-0.25, -0.2) is 0 Å². The van der Waals surface area contributed by atoms with Crippen LogP contribution >= 0.6 is 0 Å². The molecular formula is C69H134O6. The van der Waals surface area contributed by atoms with Crippen molar-refractivity contribution in [1.82, 2.24) is 0 Å². The van der Waals surface area contributed by atoms with Crippen molar-refractivity contribution >= 4 is 17.9 Å². The van der Waals surface area contributed by atoms with Crippen LogP contribution in [0.4, 0.5) is 0 Å². The van der Waals surface area contributed by atoms with Gasteiger partial charge in [-0.3, -0.25) is 14.4 Å². The van der Waals surface area contributed by atoms with Crippen molar-refractivity contribution in [3.63, 3.8) is 0 Å². The molecule has 3 atom stereocenters. The molecule has 0 aliphatic rings. The van der Waals surface area contributed by atoms with Crippen LogP contribution in [0.25, 0.3) is 0 Å². The second kappa shape index (κ2) is 61.6. The van der Waals surface area contributed by atoms with Gasteiger partial charge in [-0.1, -0.05) is 356 Å². The minimum atomic E-state index is -0.764. The number of esters is 3. The summed E-state index contributed by atoms with van der Waals surface area (Å²) in [4.78, 5) is 38.4. The van der Waals surface area contributed by atoms with Crippen molar-refractivity contribution in [1.29, 1.82) is 0 Å². The van der Waals surface area contributed by atoms with E-state index in [9.17, 15) is 14.4 Å². The molecule has 0 radical (unpaired) electrons. The van der Waals surface area contributed by atoms with Gasteiger partial charge < -0.3 is 14.2 Å². The molecule has 0 saturated carbocycles. The molecule has 0 saturated heterocycles. The first-order valence-electron chi connectivity index (χ1n) is 34.3. The van der Waals surface area contributed by atoms with Crippen LogP contribution in [-0.2, 0) is 28.6 Å². The number of carbonyl (C=O) groups is 3. The van der Waals surface area contributed by atoms with Crippen LogP contribution < -0.4 is 0 Å². The molecule has 0 aliphatic carbocycles. The molecule has 0 amide bonds. The molecule has 0 heterocycles. The van der Waals surface area contributed by atoms with E-state index in [2.05, 4.69) is 34.6 Å². The summed E-state index contributed by atoms with van der Waals surface area (Å²) >= 11 is 0. The maximum Gasteiger partial charge on any atom is 0.306 e. The van der Waals surface area contributed by atoms with Gasteiger partial charge in [-0.2, -0.15) is 0 Å². The highest BCUT2D eigenvalue weighted by Crippen LogP contribution is 2.20. The highest BCUT2D eigenvalue weighted by Gasteiger charge is 2.20. The molecule has 446 valence electrons. The summed E-state index contributed by atoms with van der Waals surface area (Å²) in [6.45, 7) is 11.5. The van der Waals surface area contributed by atoms with Crippen molar-refractivity contribution in [2.45, 2.75) is 400 Å². The summed E-state index contributed by atoms with van der Waals surface area (Å²) in [5.41, 5.74) is 0. The molecule has 6 heteroatoms. The third kappa shape index (κ3) is 59.9. The summed E-state index contributed by atoms with van der Waals surface area (Å²) in [5, 5.41) is 0. The van der Waals surface area contributed by atoms with E-state index in [0.717, 1.165) is 69.6 Å². The van der Waals surface area contributed by atoms with Crippen molar-refractivity contribution in [3.05, 3.63) is 0 Å². The number of ether oxygens (including phenoxy) is 3. The van der Waals surface area contributed by atoms with E-state index in [-0.39, 0.29) is 31.1 Å². The van der Waals surface area contributed by atoms with Crippen molar-refractivity contribution < 1.29 is 28.6 Å². The Bertz CT molecular complexity index is 1160. The van der Waals surface area contributed by atoms with Gasteiger partial charge in [-0.05, 0) is 31.1 Å². The highest BCUT2D eigenvalue weighted by molar-refractivity contribution is 5.71. The predicted octanol–water partition coefficient (Wildman–Crippen LogP) is 23.2. The fourth-order valence-electron chi connectivity index (χ4n) is 10.8. The van der Waals surface area contributed by atoms with Crippen LogP contribution in [0.5, 0.6) is 0 Å². The number of carbonyl (C=O) groups excluding carboxylic acids is 3. The first-order chi connectivity index (χ1) is 36.8. The summed E-state index contributed by atoms with van der Waals surface area (Å²) in [7, 11) is 0. The molecule has 0 aliphatic heterocycles. The Labute approximate surface area is 469 Å². The topological polar surface area (TPSA) is 78.9 Å². The molecule has 0 aromatic carbocycles. The average Bonchev–Trinajstić information content (AvgIpc) is 3.41. The normalized spacial score (nSPS) is 12.8. The second-order valence-electron chi connectivity index (χ2n) is 24.3. The number of rotatable bonds is 63. The molecular weight excluding hydrogens is 925 g/mol. The maximum absolute atomic E-state index is 12.9. The Kier molecular flexibility index (Phi) is 60.3. The lowest BCUT2D eigenvalue weighted by atomic mass is 9.99. The van der Waals surface area contributed by atoms with Gasteiger partial charge in [0.05, 0.1) is 0 Å². The predicted molar refractivity (Wildman–Crippen MR) is 326 cm³/mol. The fourth-order valence-corrected chi connectivity index (χ4v) is 10.8. The average molecular weight is 1060 g/mol. The largest absolute Gasteiger partial charge is 0.462 e. The second-order valence-corrected chi connectivity index (χ2v) is 24.3. The Morgan fingerprint density at radius 2 is 0.467 bits per heavy atom. The van der Waals surface area contributed by atoms with E-state index >= 15 is 0 Å². The van der Waals surface area contributed by atoms with Gasteiger partial charge in [0.2, 0.25) is 0 Å². The maximum atomic E-state index is 12.9. The van der Waals surface area contributed by atoms with E-state index in [0.29, 0.717) is 19.3 Å². The summed E-state index contributed by atoms with van der Waals surface area (Å²) < 4.78 is 17.0. The minimum Gasteiger partial charge on any atom is -0.462 e. The van der Waals surface area contributed by atoms with Crippen LogP contribution in [0.15, 0.2) is 0 Å². The zero-order valence-electron chi connectivity index (χ0n) is 51.7. The molecule has 0 bridgehead atoms. The zero-order chi connectivity index (χ0) is 54.6. The lowest BCUT2D eigenvalue weighted by Crippen LogP contribution is -2.30. The fraction of sp³-hybridized carbons (Fsp3) is 0.957. The quantitative estimate of drug-likeness (QED) is 0.0343. The Morgan fingerprint density at radius 1 is 0.267 bits per heavy atom. The smallest absolute Gasteiger partial charge is 0.306 e. The van der Waals surface area contributed by atoms with Gasteiger partial charge in [0.25, 0.3) is 0 Å². The number of hydrogen-bond acceptors (Lipinski definition) is 6. The summed E-state index contributed by atoms with van der Waals surface area (Å²) in [5.74, 6) is 0.980. The van der Waals surface area contributed by atoms with E-state index in [1.165, 1.54) is 283 Å². The molecule has 0 spiro atoms. The number of unbranched alkanes of at least 4 members (excludes halogenated alkanes) is 46. The first kappa shape index (κ1) is 73.4. The molecule has 6 nitrogen and oxygen atoms in total. The van der Waals surface area contributed by atoms with Crippen molar-refractivity contribution in [2.24, 2.45) is 11.8 Å². The Hall–Kier alpha value is -1.59. The van der Waals surface area contributed by atoms with Crippen LogP contribution in [0, 0.1) is 11.8 Å². The van der Waals surface area contributed by atoms with Gasteiger partial charge in [0, 0.05) is 19.3 Å². The van der Waals surface area contributed by atoms with Crippen LogP contribution in [0.1, 0.15) is 394 Å². The Balaban J connectivity index is 4.27. The lowest BCUT2D eigenvalue weighted by Gasteiger charge is -2.18. The summed E-state index contributed by atoms with van der Waals surface area (Å²) in [6.07, 6.45) is 69.6.